The van der Waals surface area contributed by atoms with Gasteiger partial charge in [-0.15, -0.1) is 0 Å². The predicted molar refractivity (Wildman–Crippen MR) is 62.9 cm³/mol. The first-order chi connectivity index (χ1) is 7.75. The van der Waals surface area contributed by atoms with Gasteiger partial charge in [-0.3, -0.25) is 0 Å². The first kappa shape index (κ1) is 12.1. The highest BCUT2D eigenvalue weighted by Crippen LogP contribution is 2.18. The number of nitrogens with zero attached hydrogens (tertiary/aromatic N) is 1. The molecule has 0 N–H and O–H groups in total. The molecule has 1 atom stereocenters. The van der Waals surface area contributed by atoms with Crippen LogP contribution < -0.4 is 0 Å². The molecule has 88 valence electrons. The standard InChI is InChI=1S/C11H13Cl2NO2/c12-10-4-3-8(11(13)14-10)6-15-7-9-2-1-5-16-9/h3-4,9H,1-2,5-7H2. The van der Waals surface area contributed by atoms with Crippen LogP contribution in [0.1, 0.15) is 18.4 Å². The monoisotopic (exact) mass is 261 g/mol. The molecule has 16 heavy (non-hydrogen) atoms. The van der Waals surface area contributed by atoms with Gasteiger partial charge in [0.2, 0.25) is 0 Å². The third kappa shape index (κ3) is 3.32. The van der Waals surface area contributed by atoms with E-state index in [1.54, 1.807) is 6.07 Å². The van der Waals surface area contributed by atoms with Crippen molar-refractivity contribution in [3.63, 3.8) is 0 Å². The van der Waals surface area contributed by atoms with Crippen LogP contribution in [0, 0.1) is 0 Å². The number of pyridine rings is 1. The third-order valence-corrected chi connectivity index (χ3v) is 3.02. The van der Waals surface area contributed by atoms with Gasteiger partial charge in [-0.2, -0.15) is 0 Å². The van der Waals surface area contributed by atoms with Crippen molar-refractivity contribution in [1.29, 1.82) is 0 Å². The number of aromatic nitrogens is 1. The Hall–Kier alpha value is -0.350. The van der Waals surface area contributed by atoms with Crippen molar-refractivity contribution >= 4 is 23.2 Å². The fourth-order valence-electron chi connectivity index (χ4n) is 1.62. The van der Waals surface area contributed by atoms with Crippen molar-refractivity contribution in [2.75, 3.05) is 13.2 Å². The molecule has 0 bridgehead atoms. The SMILES string of the molecule is Clc1ccc(COCC2CCCO2)c(Cl)n1. The lowest BCUT2D eigenvalue weighted by molar-refractivity contribution is 0.0105. The number of rotatable bonds is 4. The normalized spacial score (nSPS) is 20.2. The fraction of sp³-hybridized carbons (Fsp3) is 0.545. The quantitative estimate of drug-likeness (QED) is 0.781. The molecule has 1 saturated heterocycles. The van der Waals surface area contributed by atoms with Gasteiger partial charge in [0, 0.05) is 12.2 Å². The van der Waals surface area contributed by atoms with E-state index in [2.05, 4.69) is 4.98 Å². The molecule has 2 heterocycles. The summed E-state index contributed by atoms with van der Waals surface area (Å²) in [7, 11) is 0. The van der Waals surface area contributed by atoms with E-state index in [4.69, 9.17) is 32.7 Å². The van der Waals surface area contributed by atoms with Crippen LogP contribution >= 0.6 is 23.2 Å². The van der Waals surface area contributed by atoms with Gasteiger partial charge in [0.05, 0.1) is 19.3 Å². The minimum atomic E-state index is 0.235. The summed E-state index contributed by atoms with van der Waals surface area (Å²) in [6, 6.07) is 3.53. The Kier molecular flexibility index (Phi) is 4.41. The number of ether oxygens (including phenoxy) is 2. The van der Waals surface area contributed by atoms with E-state index >= 15 is 0 Å². The van der Waals surface area contributed by atoms with Crippen LogP contribution in [0.5, 0.6) is 0 Å². The van der Waals surface area contributed by atoms with Crippen molar-refractivity contribution < 1.29 is 9.47 Å². The van der Waals surface area contributed by atoms with Gasteiger partial charge >= 0.3 is 0 Å². The van der Waals surface area contributed by atoms with Gasteiger partial charge in [-0.1, -0.05) is 29.3 Å². The summed E-state index contributed by atoms with van der Waals surface area (Å²) >= 11 is 11.6. The maximum absolute atomic E-state index is 5.92. The van der Waals surface area contributed by atoms with E-state index < -0.39 is 0 Å². The summed E-state index contributed by atoms with van der Waals surface area (Å²) in [4.78, 5) is 3.94. The van der Waals surface area contributed by atoms with Gasteiger partial charge in [-0.05, 0) is 18.9 Å². The topological polar surface area (TPSA) is 31.4 Å². The summed E-state index contributed by atoms with van der Waals surface area (Å²) in [6.07, 6.45) is 2.43. The molecule has 0 spiro atoms. The summed E-state index contributed by atoms with van der Waals surface area (Å²) in [6.45, 7) is 1.90. The van der Waals surface area contributed by atoms with E-state index in [-0.39, 0.29) is 6.10 Å². The maximum atomic E-state index is 5.92. The lowest BCUT2D eigenvalue weighted by Gasteiger charge is -2.10. The highest BCUT2D eigenvalue weighted by atomic mass is 35.5. The Morgan fingerprint density at radius 1 is 1.44 bits per heavy atom. The molecular formula is C11H13Cl2NO2. The molecule has 5 heteroatoms. The second kappa shape index (κ2) is 5.82. The molecule has 1 aliphatic rings. The van der Waals surface area contributed by atoms with E-state index in [1.165, 1.54) is 0 Å². The van der Waals surface area contributed by atoms with Crippen LogP contribution in [-0.4, -0.2) is 24.3 Å². The molecule has 1 aliphatic heterocycles. The van der Waals surface area contributed by atoms with Gasteiger partial charge in [0.25, 0.3) is 0 Å². The highest BCUT2D eigenvalue weighted by Gasteiger charge is 2.15. The molecule has 1 aromatic heterocycles. The average Bonchev–Trinajstić information content (AvgIpc) is 2.74. The van der Waals surface area contributed by atoms with Gasteiger partial charge < -0.3 is 9.47 Å². The Balaban J connectivity index is 1.80. The van der Waals surface area contributed by atoms with E-state index in [0.29, 0.717) is 23.5 Å². The molecule has 0 aromatic carbocycles. The Morgan fingerprint density at radius 2 is 2.31 bits per heavy atom. The lowest BCUT2D eigenvalue weighted by Crippen LogP contribution is -2.13. The van der Waals surface area contributed by atoms with Crippen LogP contribution in [0.4, 0.5) is 0 Å². The van der Waals surface area contributed by atoms with E-state index in [9.17, 15) is 0 Å². The molecule has 3 nitrogen and oxygen atoms in total. The zero-order chi connectivity index (χ0) is 11.4. The molecule has 1 fully saturated rings. The van der Waals surface area contributed by atoms with E-state index in [1.807, 2.05) is 6.07 Å². The smallest absolute Gasteiger partial charge is 0.136 e. The van der Waals surface area contributed by atoms with Crippen molar-refractivity contribution in [2.45, 2.75) is 25.6 Å². The van der Waals surface area contributed by atoms with Crippen molar-refractivity contribution in [1.82, 2.24) is 4.98 Å². The lowest BCUT2D eigenvalue weighted by atomic mass is 10.2. The molecule has 0 aliphatic carbocycles. The predicted octanol–water partition coefficient (Wildman–Crippen LogP) is 3.08. The molecule has 0 radical (unpaired) electrons. The van der Waals surface area contributed by atoms with Crippen molar-refractivity contribution in [2.24, 2.45) is 0 Å². The second-order valence-electron chi connectivity index (χ2n) is 3.73. The minimum absolute atomic E-state index is 0.235. The highest BCUT2D eigenvalue weighted by molar-refractivity contribution is 6.32. The molecule has 1 aromatic rings. The van der Waals surface area contributed by atoms with Gasteiger partial charge in [-0.25, -0.2) is 4.98 Å². The summed E-state index contributed by atoms with van der Waals surface area (Å²) in [5.74, 6) is 0. The van der Waals surface area contributed by atoms with Crippen LogP contribution in [-0.2, 0) is 16.1 Å². The van der Waals surface area contributed by atoms with Crippen LogP contribution in [0.2, 0.25) is 10.3 Å². The van der Waals surface area contributed by atoms with Crippen LogP contribution in [0.25, 0.3) is 0 Å². The first-order valence-electron chi connectivity index (χ1n) is 5.26. The number of halogens is 2. The molecule has 1 unspecified atom stereocenters. The zero-order valence-corrected chi connectivity index (χ0v) is 10.3. The Labute approximate surface area is 105 Å². The first-order valence-corrected chi connectivity index (χ1v) is 6.01. The van der Waals surface area contributed by atoms with Gasteiger partial charge in [0.1, 0.15) is 10.3 Å². The summed E-state index contributed by atoms with van der Waals surface area (Å²) < 4.78 is 11.0. The largest absolute Gasteiger partial charge is 0.376 e. The van der Waals surface area contributed by atoms with Crippen LogP contribution in [0.15, 0.2) is 12.1 Å². The average molecular weight is 262 g/mol. The number of hydrogen-bond acceptors (Lipinski definition) is 3. The fourth-order valence-corrected chi connectivity index (χ4v) is 2.02. The molecule has 0 saturated carbocycles. The van der Waals surface area contributed by atoms with Crippen molar-refractivity contribution in [3.8, 4) is 0 Å². The summed E-state index contributed by atoms with van der Waals surface area (Å²) in [5.41, 5.74) is 0.851. The molecule has 0 amide bonds. The van der Waals surface area contributed by atoms with Gasteiger partial charge in [0.15, 0.2) is 0 Å². The maximum Gasteiger partial charge on any atom is 0.136 e. The minimum Gasteiger partial charge on any atom is -0.376 e. The molecule has 2 rings (SSSR count). The van der Waals surface area contributed by atoms with E-state index in [0.717, 1.165) is 25.0 Å². The van der Waals surface area contributed by atoms with Crippen LogP contribution in [0.3, 0.4) is 0 Å². The second-order valence-corrected chi connectivity index (χ2v) is 4.48. The summed E-state index contributed by atoms with van der Waals surface area (Å²) in [5, 5.41) is 0.799. The van der Waals surface area contributed by atoms with Crippen molar-refractivity contribution in [3.05, 3.63) is 28.0 Å². The zero-order valence-electron chi connectivity index (χ0n) is 8.79. The Morgan fingerprint density at radius 3 is 3.00 bits per heavy atom. The number of hydrogen-bond donors (Lipinski definition) is 0. The Bertz CT molecular complexity index is 354. The third-order valence-electron chi connectivity index (χ3n) is 2.48. The molecular weight excluding hydrogens is 249 g/mol.